The minimum absolute atomic E-state index is 0.00836. The predicted octanol–water partition coefficient (Wildman–Crippen LogP) is 2.84. The summed E-state index contributed by atoms with van der Waals surface area (Å²) < 4.78 is 5.81. The molecule has 3 heterocycles. The van der Waals surface area contributed by atoms with Gasteiger partial charge in [-0.05, 0) is 25.5 Å². The minimum Gasteiger partial charge on any atom is -0.465 e. The van der Waals surface area contributed by atoms with Crippen molar-refractivity contribution in [2.75, 3.05) is 13.1 Å². The molecule has 1 unspecified atom stereocenters. The third kappa shape index (κ3) is 3.48. The Morgan fingerprint density at radius 3 is 2.87 bits per heavy atom. The summed E-state index contributed by atoms with van der Waals surface area (Å²) in [6, 6.07) is 4.08. The first-order valence-electron chi connectivity index (χ1n) is 8.02. The highest BCUT2D eigenvalue weighted by Crippen LogP contribution is 2.35. The molecule has 1 aliphatic rings. The number of hydrogen-bond acceptors (Lipinski definition) is 5. The molecule has 1 atom stereocenters. The number of aromatic nitrogens is 1. The van der Waals surface area contributed by atoms with Crippen molar-refractivity contribution in [2.45, 2.75) is 45.7 Å². The lowest BCUT2D eigenvalue weighted by Gasteiger charge is -2.28. The zero-order valence-corrected chi connectivity index (χ0v) is 14.7. The largest absolute Gasteiger partial charge is 0.465 e. The number of rotatable bonds is 5. The number of aryl methyl sites for hydroxylation is 2. The van der Waals surface area contributed by atoms with Crippen LogP contribution in [0, 0.1) is 6.92 Å². The summed E-state index contributed by atoms with van der Waals surface area (Å²) in [5, 5.41) is 6.20. The molecule has 2 aromatic rings. The van der Waals surface area contributed by atoms with Gasteiger partial charge in [-0.15, -0.1) is 11.3 Å². The van der Waals surface area contributed by atoms with Crippen LogP contribution in [0.25, 0.3) is 0 Å². The molecular formula is C17H23N3O2S. The molecule has 0 spiro atoms. The molecule has 0 aliphatic carbocycles. The van der Waals surface area contributed by atoms with E-state index in [0.717, 1.165) is 54.7 Å². The number of nitrogens with zero attached hydrogens (tertiary/aromatic N) is 2. The SMILES string of the molecule is CCc1ccc(CN2CCC(NC(C)=O)(c3nc(C)cs3)C2)o1. The van der Waals surface area contributed by atoms with Crippen molar-refractivity contribution in [3.8, 4) is 0 Å². The Bertz CT molecular complexity index is 694. The average Bonchev–Trinajstić information content (AvgIpc) is 3.20. The van der Waals surface area contributed by atoms with Gasteiger partial charge in [0.25, 0.3) is 0 Å². The summed E-state index contributed by atoms with van der Waals surface area (Å²) in [4.78, 5) is 18.7. The zero-order chi connectivity index (χ0) is 16.4. The maximum Gasteiger partial charge on any atom is 0.217 e. The van der Waals surface area contributed by atoms with E-state index in [-0.39, 0.29) is 11.4 Å². The van der Waals surface area contributed by atoms with E-state index in [9.17, 15) is 4.79 Å². The maximum absolute atomic E-state index is 11.7. The fourth-order valence-corrected chi connectivity index (χ4v) is 4.16. The average molecular weight is 333 g/mol. The second-order valence-corrected chi connectivity index (χ2v) is 7.10. The number of carbonyl (C=O) groups excluding carboxylic acids is 1. The first kappa shape index (κ1) is 16.2. The molecule has 6 heteroatoms. The van der Waals surface area contributed by atoms with Gasteiger partial charge in [-0.25, -0.2) is 4.98 Å². The van der Waals surface area contributed by atoms with Crippen LogP contribution >= 0.6 is 11.3 Å². The van der Waals surface area contributed by atoms with Crippen molar-refractivity contribution >= 4 is 17.2 Å². The summed E-state index contributed by atoms with van der Waals surface area (Å²) in [6.07, 6.45) is 1.79. The monoisotopic (exact) mass is 333 g/mol. The second-order valence-electron chi connectivity index (χ2n) is 6.24. The summed E-state index contributed by atoms with van der Waals surface area (Å²) >= 11 is 1.63. The van der Waals surface area contributed by atoms with E-state index >= 15 is 0 Å². The molecule has 124 valence electrons. The Labute approximate surface area is 140 Å². The fraction of sp³-hybridized carbons (Fsp3) is 0.529. The van der Waals surface area contributed by atoms with Crippen LogP contribution in [0.15, 0.2) is 21.9 Å². The minimum atomic E-state index is -0.370. The van der Waals surface area contributed by atoms with Gasteiger partial charge in [-0.1, -0.05) is 6.92 Å². The van der Waals surface area contributed by atoms with E-state index in [1.54, 1.807) is 18.3 Å². The number of hydrogen-bond donors (Lipinski definition) is 1. The zero-order valence-electron chi connectivity index (χ0n) is 13.9. The molecule has 0 saturated carbocycles. The molecule has 0 aromatic carbocycles. The third-order valence-corrected chi connectivity index (χ3v) is 5.40. The smallest absolute Gasteiger partial charge is 0.217 e. The number of furan rings is 1. The highest BCUT2D eigenvalue weighted by atomic mass is 32.1. The first-order valence-corrected chi connectivity index (χ1v) is 8.90. The van der Waals surface area contributed by atoms with Gasteiger partial charge in [-0.2, -0.15) is 0 Å². The molecule has 3 rings (SSSR count). The van der Waals surface area contributed by atoms with Gasteiger partial charge in [0.2, 0.25) is 5.91 Å². The van der Waals surface area contributed by atoms with Gasteiger partial charge >= 0.3 is 0 Å². The fourth-order valence-electron chi connectivity index (χ4n) is 3.18. The van der Waals surface area contributed by atoms with Crippen molar-refractivity contribution in [3.05, 3.63) is 39.7 Å². The van der Waals surface area contributed by atoms with Gasteiger partial charge in [0.05, 0.1) is 6.54 Å². The van der Waals surface area contributed by atoms with Gasteiger partial charge in [0.1, 0.15) is 22.1 Å². The quantitative estimate of drug-likeness (QED) is 0.914. The molecule has 1 N–H and O–H groups in total. The van der Waals surface area contributed by atoms with Crippen LogP contribution in [0.4, 0.5) is 0 Å². The summed E-state index contributed by atoms with van der Waals surface area (Å²) in [7, 11) is 0. The summed E-state index contributed by atoms with van der Waals surface area (Å²) in [5.41, 5.74) is 0.636. The van der Waals surface area contributed by atoms with Gasteiger partial charge in [0, 0.05) is 37.5 Å². The topological polar surface area (TPSA) is 58.4 Å². The molecular weight excluding hydrogens is 310 g/mol. The van der Waals surface area contributed by atoms with E-state index < -0.39 is 0 Å². The van der Waals surface area contributed by atoms with Crippen molar-refractivity contribution in [1.82, 2.24) is 15.2 Å². The van der Waals surface area contributed by atoms with Crippen molar-refractivity contribution in [1.29, 1.82) is 0 Å². The molecule has 1 fully saturated rings. The predicted molar refractivity (Wildman–Crippen MR) is 90.3 cm³/mol. The molecule has 23 heavy (non-hydrogen) atoms. The number of likely N-dealkylation sites (tertiary alicyclic amines) is 1. The Morgan fingerprint density at radius 2 is 2.26 bits per heavy atom. The number of thiazole rings is 1. The van der Waals surface area contributed by atoms with Crippen LogP contribution in [0.5, 0.6) is 0 Å². The number of carbonyl (C=O) groups is 1. The van der Waals surface area contributed by atoms with Crippen LogP contribution in [0.2, 0.25) is 0 Å². The highest BCUT2D eigenvalue weighted by Gasteiger charge is 2.42. The highest BCUT2D eigenvalue weighted by molar-refractivity contribution is 7.09. The normalized spacial score (nSPS) is 21.7. The molecule has 1 aliphatic heterocycles. The molecule has 1 saturated heterocycles. The van der Waals surface area contributed by atoms with E-state index in [4.69, 9.17) is 4.42 Å². The number of nitrogens with one attached hydrogen (secondary N) is 1. The van der Waals surface area contributed by atoms with Gasteiger partial charge in [0.15, 0.2) is 0 Å². The van der Waals surface area contributed by atoms with E-state index in [1.807, 2.05) is 24.4 Å². The summed E-state index contributed by atoms with van der Waals surface area (Å²) in [6.45, 7) is 8.10. The third-order valence-electron chi connectivity index (χ3n) is 4.24. The Balaban J connectivity index is 1.76. The van der Waals surface area contributed by atoms with Crippen molar-refractivity contribution in [2.24, 2.45) is 0 Å². The lowest BCUT2D eigenvalue weighted by atomic mass is 9.99. The van der Waals surface area contributed by atoms with Crippen LogP contribution in [-0.4, -0.2) is 28.9 Å². The van der Waals surface area contributed by atoms with Crippen molar-refractivity contribution in [3.63, 3.8) is 0 Å². The number of amides is 1. The van der Waals surface area contributed by atoms with E-state index in [2.05, 4.69) is 22.1 Å². The molecule has 1 amide bonds. The lowest BCUT2D eigenvalue weighted by molar-refractivity contribution is -0.120. The maximum atomic E-state index is 11.7. The molecule has 2 aromatic heterocycles. The molecule has 5 nitrogen and oxygen atoms in total. The van der Waals surface area contributed by atoms with Crippen LogP contribution in [-0.2, 0) is 23.3 Å². The molecule has 0 bridgehead atoms. The van der Waals surface area contributed by atoms with E-state index in [0.29, 0.717) is 0 Å². The first-order chi connectivity index (χ1) is 11.0. The Morgan fingerprint density at radius 1 is 1.48 bits per heavy atom. The van der Waals surface area contributed by atoms with Crippen LogP contribution in [0.3, 0.4) is 0 Å². The van der Waals surface area contributed by atoms with Gasteiger partial charge in [-0.3, -0.25) is 9.69 Å². The standard InChI is InChI=1S/C17H23N3O2S/c1-4-14-5-6-15(22-14)9-20-8-7-17(11-20,19-13(3)21)16-18-12(2)10-23-16/h5-6,10H,4,7-9,11H2,1-3H3,(H,19,21). The Hall–Kier alpha value is -1.66. The second kappa shape index (κ2) is 6.45. The summed E-state index contributed by atoms with van der Waals surface area (Å²) in [5.74, 6) is 1.99. The van der Waals surface area contributed by atoms with E-state index in [1.165, 1.54) is 0 Å². The molecule has 0 radical (unpaired) electrons. The lowest BCUT2D eigenvalue weighted by Crippen LogP contribution is -2.47. The Kier molecular flexibility index (Phi) is 4.55. The van der Waals surface area contributed by atoms with Crippen LogP contribution in [0.1, 0.15) is 42.5 Å². The van der Waals surface area contributed by atoms with Crippen molar-refractivity contribution < 1.29 is 9.21 Å². The van der Waals surface area contributed by atoms with Gasteiger partial charge < -0.3 is 9.73 Å². The van der Waals surface area contributed by atoms with Crippen LogP contribution < -0.4 is 5.32 Å².